The Labute approximate surface area is 148 Å². The zero-order valence-electron chi connectivity index (χ0n) is 13.4. The van der Waals surface area contributed by atoms with Gasteiger partial charge in [-0.3, -0.25) is 19.3 Å². The van der Waals surface area contributed by atoms with E-state index in [1.54, 1.807) is 38.1 Å². The van der Waals surface area contributed by atoms with E-state index in [0.717, 1.165) is 16.7 Å². The van der Waals surface area contributed by atoms with Gasteiger partial charge in [0.25, 0.3) is 11.1 Å². The minimum absolute atomic E-state index is 0.221. The zero-order valence-corrected chi connectivity index (χ0v) is 14.9. The summed E-state index contributed by atoms with van der Waals surface area (Å²) in [4.78, 5) is 37.0. The largest absolute Gasteiger partial charge is 0.495 e. The highest BCUT2D eigenvalue weighted by atomic mass is 35.5. The molecule has 128 valence electrons. The molecule has 1 saturated heterocycles. The maximum Gasteiger partial charge on any atom is 0.326 e. The number of hydrogen-bond donors (Lipinski definition) is 0. The average Bonchev–Trinajstić information content (AvgIpc) is 2.74. The second-order valence-corrected chi connectivity index (χ2v) is 6.60. The van der Waals surface area contributed by atoms with Gasteiger partial charge in [-0.15, -0.1) is 0 Å². The van der Waals surface area contributed by atoms with E-state index in [1.165, 1.54) is 7.11 Å². The van der Waals surface area contributed by atoms with Crippen LogP contribution in [0.15, 0.2) is 23.1 Å². The molecule has 1 heterocycles. The summed E-state index contributed by atoms with van der Waals surface area (Å²) >= 11 is 6.81. The number of benzene rings is 1. The molecule has 0 radical (unpaired) electrons. The number of carbonyl (C=O) groups excluding carboxylic acids is 3. The van der Waals surface area contributed by atoms with Crippen molar-refractivity contribution >= 4 is 46.6 Å². The third-order valence-electron chi connectivity index (χ3n) is 3.00. The average molecular weight is 370 g/mol. The van der Waals surface area contributed by atoms with Crippen molar-refractivity contribution in [1.29, 1.82) is 0 Å². The quantitative estimate of drug-likeness (QED) is 0.585. The van der Waals surface area contributed by atoms with Gasteiger partial charge in [0.15, 0.2) is 0 Å². The monoisotopic (exact) mass is 369 g/mol. The number of amides is 2. The molecule has 0 N–H and O–H groups in total. The Hall–Kier alpha value is -1.99. The molecule has 0 spiro atoms. The smallest absolute Gasteiger partial charge is 0.326 e. The summed E-state index contributed by atoms with van der Waals surface area (Å²) in [7, 11) is 1.50. The number of nitrogens with zero attached hydrogens (tertiary/aromatic N) is 1. The molecule has 1 fully saturated rings. The Kier molecular flexibility index (Phi) is 5.90. The third-order valence-corrected chi connectivity index (χ3v) is 4.20. The van der Waals surface area contributed by atoms with Crippen molar-refractivity contribution in [3.8, 4) is 5.75 Å². The lowest BCUT2D eigenvalue weighted by Gasteiger charge is -2.13. The van der Waals surface area contributed by atoms with Gasteiger partial charge in [0.2, 0.25) is 0 Å². The highest BCUT2D eigenvalue weighted by Crippen LogP contribution is 2.33. The first-order chi connectivity index (χ1) is 11.3. The van der Waals surface area contributed by atoms with E-state index in [9.17, 15) is 14.4 Å². The fourth-order valence-electron chi connectivity index (χ4n) is 1.99. The van der Waals surface area contributed by atoms with Crippen LogP contribution < -0.4 is 4.74 Å². The van der Waals surface area contributed by atoms with E-state index in [0.29, 0.717) is 16.3 Å². The van der Waals surface area contributed by atoms with Crippen LogP contribution >= 0.6 is 23.4 Å². The fraction of sp³-hybridized carbons (Fsp3) is 0.312. The van der Waals surface area contributed by atoms with Gasteiger partial charge in [0, 0.05) is 0 Å². The van der Waals surface area contributed by atoms with Crippen LogP contribution in [0.5, 0.6) is 5.75 Å². The number of halogens is 1. The summed E-state index contributed by atoms with van der Waals surface area (Å²) in [5, 5.41) is -0.113. The highest BCUT2D eigenvalue weighted by Gasteiger charge is 2.36. The number of imide groups is 1. The predicted molar refractivity (Wildman–Crippen MR) is 91.9 cm³/mol. The van der Waals surface area contributed by atoms with Crippen molar-refractivity contribution in [3.05, 3.63) is 33.7 Å². The molecule has 0 aromatic heterocycles. The molecular formula is C16H16ClNO5S. The highest BCUT2D eigenvalue weighted by molar-refractivity contribution is 8.18. The minimum atomic E-state index is -0.624. The zero-order chi connectivity index (χ0) is 17.9. The SMILES string of the molecule is COc1ccc(/C=C2\SC(=O)N(CC(=O)OC(C)C)C2=O)cc1Cl. The first-order valence-electron chi connectivity index (χ1n) is 7.10. The molecule has 2 rings (SSSR count). The molecule has 1 aliphatic rings. The number of rotatable bonds is 5. The van der Waals surface area contributed by atoms with Crippen LogP contribution in [0.2, 0.25) is 5.02 Å². The topological polar surface area (TPSA) is 72.9 Å². The number of esters is 1. The third kappa shape index (κ3) is 4.30. The van der Waals surface area contributed by atoms with E-state index in [2.05, 4.69) is 0 Å². The molecule has 0 saturated carbocycles. The number of carbonyl (C=O) groups is 3. The van der Waals surface area contributed by atoms with E-state index < -0.39 is 23.7 Å². The van der Waals surface area contributed by atoms with Crippen molar-refractivity contribution in [2.24, 2.45) is 0 Å². The Morgan fingerprint density at radius 3 is 2.67 bits per heavy atom. The second-order valence-electron chi connectivity index (χ2n) is 5.20. The lowest BCUT2D eigenvalue weighted by atomic mass is 10.2. The van der Waals surface area contributed by atoms with Gasteiger partial charge < -0.3 is 9.47 Å². The van der Waals surface area contributed by atoms with E-state index in [1.807, 2.05) is 0 Å². The summed E-state index contributed by atoms with van der Waals surface area (Å²) in [6.07, 6.45) is 1.23. The number of methoxy groups -OCH3 is 1. The number of hydrogen-bond acceptors (Lipinski definition) is 6. The predicted octanol–water partition coefficient (Wildman–Crippen LogP) is 3.34. The Bertz CT molecular complexity index is 716. The minimum Gasteiger partial charge on any atom is -0.495 e. The van der Waals surface area contributed by atoms with Crippen LogP contribution in [0.3, 0.4) is 0 Å². The number of ether oxygens (including phenoxy) is 2. The normalized spacial score (nSPS) is 16.2. The lowest BCUT2D eigenvalue weighted by molar-refractivity contribution is -0.149. The van der Waals surface area contributed by atoms with Crippen LogP contribution in [0.1, 0.15) is 19.4 Å². The standard InChI is InChI=1S/C16H16ClNO5S/c1-9(2)23-14(19)8-18-15(20)13(24-16(18)21)7-10-4-5-12(22-3)11(17)6-10/h4-7,9H,8H2,1-3H3/b13-7-. The summed E-state index contributed by atoms with van der Waals surface area (Å²) in [5.74, 6) is -0.642. The second kappa shape index (κ2) is 7.72. The molecule has 2 amide bonds. The van der Waals surface area contributed by atoms with Crippen molar-refractivity contribution < 1.29 is 23.9 Å². The summed E-state index contributed by atoms with van der Waals surface area (Å²) in [6, 6.07) is 5.01. The molecule has 1 aromatic carbocycles. The van der Waals surface area contributed by atoms with Crippen molar-refractivity contribution in [1.82, 2.24) is 4.90 Å². The number of thioether (sulfide) groups is 1. The van der Waals surface area contributed by atoms with Crippen LogP contribution in [-0.2, 0) is 14.3 Å². The molecule has 8 heteroatoms. The van der Waals surface area contributed by atoms with Crippen LogP contribution in [0.4, 0.5) is 4.79 Å². The molecule has 6 nitrogen and oxygen atoms in total. The van der Waals surface area contributed by atoms with Crippen LogP contribution in [0, 0.1) is 0 Å². The van der Waals surface area contributed by atoms with Gasteiger partial charge in [0.05, 0.1) is 23.1 Å². The summed E-state index contributed by atoms with van der Waals surface area (Å²) < 4.78 is 10.0. The fourth-order valence-corrected chi connectivity index (χ4v) is 3.09. The van der Waals surface area contributed by atoms with E-state index in [4.69, 9.17) is 21.1 Å². The maximum absolute atomic E-state index is 12.3. The molecule has 0 bridgehead atoms. The Morgan fingerprint density at radius 1 is 1.38 bits per heavy atom. The molecule has 0 atom stereocenters. The van der Waals surface area contributed by atoms with Gasteiger partial charge in [-0.25, -0.2) is 0 Å². The van der Waals surface area contributed by atoms with Gasteiger partial charge in [-0.05, 0) is 49.4 Å². The summed E-state index contributed by atoms with van der Waals surface area (Å²) in [5.41, 5.74) is 0.649. The van der Waals surface area contributed by atoms with E-state index >= 15 is 0 Å². The first-order valence-corrected chi connectivity index (χ1v) is 8.29. The van der Waals surface area contributed by atoms with Gasteiger partial charge >= 0.3 is 5.97 Å². The van der Waals surface area contributed by atoms with Gasteiger partial charge in [-0.1, -0.05) is 17.7 Å². The van der Waals surface area contributed by atoms with Crippen molar-refractivity contribution in [2.45, 2.75) is 20.0 Å². The molecule has 24 heavy (non-hydrogen) atoms. The molecule has 0 aliphatic carbocycles. The Morgan fingerprint density at radius 2 is 2.08 bits per heavy atom. The molecule has 1 aliphatic heterocycles. The van der Waals surface area contributed by atoms with Crippen LogP contribution in [0.25, 0.3) is 6.08 Å². The van der Waals surface area contributed by atoms with E-state index in [-0.39, 0.29) is 11.0 Å². The van der Waals surface area contributed by atoms with Crippen LogP contribution in [-0.4, -0.2) is 41.8 Å². The van der Waals surface area contributed by atoms with Gasteiger partial charge in [-0.2, -0.15) is 0 Å². The first kappa shape index (κ1) is 18.4. The van der Waals surface area contributed by atoms with Gasteiger partial charge in [0.1, 0.15) is 12.3 Å². The molecule has 0 unspecified atom stereocenters. The van der Waals surface area contributed by atoms with Crippen molar-refractivity contribution in [2.75, 3.05) is 13.7 Å². The maximum atomic E-state index is 12.3. The Balaban J connectivity index is 2.15. The van der Waals surface area contributed by atoms with Crippen molar-refractivity contribution in [3.63, 3.8) is 0 Å². The lowest BCUT2D eigenvalue weighted by Crippen LogP contribution is -2.35. The molecular weight excluding hydrogens is 354 g/mol. The summed E-state index contributed by atoms with van der Waals surface area (Å²) in [6.45, 7) is 2.99. The molecule has 1 aromatic rings.